The summed E-state index contributed by atoms with van der Waals surface area (Å²) in [5.74, 6) is 0.619. The molecule has 0 aliphatic rings. The fourth-order valence-corrected chi connectivity index (χ4v) is 3.70. The molecule has 7 heteroatoms. The van der Waals surface area contributed by atoms with Gasteiger partial charge in [-0.05, 0) is 37.1 Å². The van der Waals surface area contributed by atoms with Gasteiger partial charge >= 0.3 is 0 Å². The number of ether oxygens (including phenoxy) is 1. The van der Waals surface area contributed by atoms with E-state index in [0.29, 0.717) is 23.3 Å². The molecule has 0 aromatic heterocycles. The molecule has 0 saturated carbocycles. The van der Waals surface area contributed by atoms with E-state index in [1.807, 2.05) is 12.1 Å². The van der Waals surface area contributed by atoms with E-state index in [1.165, 1.54) is 0 Å². The lowest BCUT2D eigenvalue weighted by Gasteiger charge is -2.24. The standard InChI is InChI=1S/C20H24N2O4S/c1-3-12-27(24,25)22-15-20(2,23)18-8-10-19(11-9-18)26-14-17-7-5-4-6-16(17)13-21/h4-11,22-23H,3,12,14-15H2,1-2H3. The summed E-state index contributed by atoms with van der Waals surface area (Å²) in [5.41, 5.74) is 0.594. The minimum Gasteiger partial charge on any atom is -0.489 e. The normalized spacial score (nSPS) is 13.6. The SMILES string of the molecule is CCCS(=O)(=O)NCC(C)(O)c1ccc(OCc2ccccc2C#N)cc1. The van der Waals surface area contributed by atoms with Crippen molar-refractivity contribution < 1.29 is 18.3 Å². The molecule has 2 aromatic carbocycles. The molecule has 0 fully saturated rings. The Bertz CT molecular complexity index is 900. The Labute approximate surface area is 160 Å². The second kappa shape index (κ2) is 9.00. The van der Waals surface area contributed by atoms with Crippen LogP contribution in [0.3, 0.4) is 0 Å². The van der Waals surface area contributed by atoms with Gasteiger partial charge in [-0.15, -0.1) is 0 Å². The van der Waals surface area contributed by atoms with E-state index in [1.54, 1.807) is 50.2 Å². The molecule has 6 nitrogen and oxygen atoms in total. The van der Waals surface area contributed by atoms with E-state index in [9.17, 15) is 13.5 Å². The van der Waals surface area contributed by atoms with Crippen molar-refractivity contribution in [1.29, 1.82) is 5.26 Å². The Morgan fingerprint density at radius 2 is 1.85 bits per heavy atom. The topological polar surface area (TPSA) is 99.4 Å². The van der Waals surface area contributed by atoms with E-state index in [4.69, 9.17) is 10.00 Å². The molecule has 144 valence electrons. The third kappa shape index (κ3) is 6.07. The first kappa shape index (κ1) is 20.9. The Kier molecular flexibility index (Phi) is 6.97. The van der Waals surface area contributed by atoms with Crippen molar-refractivity contribution >= 4 is 10.0 Å². The first-order valence-electron chi connectivity index (χ1n) is 8.68. The molecule has 27 heavy (non-hydrogen) atoms. The lowest BCUT2D eigenvalue weighted by atomic mass is 9.96. The van der Waals surface area contributed by atoms with E-state index in [0.717, 1.165) is 5.56 Å². The number of hydrogen-bond acceptors (Lipinski definition) is 5. The van der Waals surface area contributed by atoms with Crippen LogP contribution < -0.4 is 9.46 Å². The average molecular weight is 388 g/mol. The quantitative estimate of drug-likeness (QED) is 0.688. The Balaban J connectivity index is 2.00. The van der Waals surface area contributed by atoms with Crippen LogP contribution in [0, 0.1) is 11.3 Å². The van der Waals surface area contributed by atoms with Gasteiger partial charge in [0.1, 0.15) is 18.0 Å². The van der Waals surface area contributed by atoms with Crippen LogP contribution in [-0.2, 0) is 22.2 Å². The highest BCUT2D eigenvalue weighted by molar-refractivity contribution is 7.89. The molecule has 0 heterocycles. The van der Waals surface area contributed by atoms with Crippen LogP contribution >= 0.6 is 0 Å². The molecule has 0 aliphatic carbocycles. The van der Waals surface area contributed by atoms with Crippen LogP contribution in [0.4, 0.5) is 0 Å². The van der Waals surface area contributed by atoms with Crippen LogP contribution in [0.15, 0.2) is 48.5 Å². The number of nitriles is 1. The fraction of sp³-hybridized carbons (Fsp3) is 0.350. The van der Waals surface area contributed by atoms with Crippen molar-refractivity contribution in [1.82, 2.24) is 4.72 Å². The number of aliphatic hydroxyl groups is 1. The fourth-order valence-electron chi connectivity index (χ4n) is 2.52. The van der Waals surface area contributed by atoms with Crippen molar-refractivity contribution in [2.75, 3.05) is 12.3 Å². The average Bonchev–Trinajstić information content (AvgIpc) is 2.65. The highest BCUT2D eigenvalue weighted by Gasteiger charge is 2.25. The predicted octanol–water partition coefficient (Wildman–Crippen LogP) is 2.67. The molecular formula is C20H24N2O4S. The summed E-state index contributed by atoms with van der Waals surface area (Å²) in [6.07, 6.45) is 0.512. The zero-order chi connectivity index (χ0) is 19.9. The van der Waals surface area contributed by atoms with Crippen LogP contribution in [0.1, 0.15) is 37.0 Å². The molecule has 0 bridgehead atoms. The van der Waals surface area contributed by atoms with Crippen molar-refractivity contribution in [3.63, 3.8) is 0 Å². The molecule has 2 N–H and O–H groups in total. The molecule has 1 atom stereocenters. The van der Waals surface area contributed by atoms with Gasteiger partial charge in [-0.3, -0.25) is 0 Å². The van der Waals surface area contributed by atoms with Gasteiger partial charge in [-0.25, -0.2) is 13.1 Å². The Hall–Kier alpha value is -2.40. The van der Waals surface area contributed by atoms with Gasteiger partial charge in [0.05, 0.1) is 17.4 Å². The van der Waals surface area contributed by atoms with Crippen LogP contribution in [0.25, 0.3) is 0 Å². The smallest absolute Gasteiger partial charge is 0.211 e. The zero-order valence-electron chi connectivity index (χ0n) is 15.5. The summed E-state index contributed by atoms with van der Waals surface area (Å²) < 4.78 is 31.7. The van der Waals surface area contributed by atoms with Crippen molar-refractivity contribution in [3.05, 3.63) is 65.2 Å². The first-order chi connectivity index (χ1) is 12.8. The van der Waals surface area contributed by atoms with Crippen LogP contribution in [0.5, 0.6) is 5.75 Å². The summed E-state index contributed by atoms with van der Waals surface area (Å²) in [6.45, 7) is 3.49. The number of nitrogens with one attached hydrogen (secondary N) is 1. The maximum absolute atomic E-state index is 11.8. The third-order valence-corrected chi connectivity index (χ3v) is 5.65. The molecule has 2 rings (SSSR count). The van der Waals surface area contributed by atoms with Crippen molar-refractivity contribution in [2.45, 2.75) is 32.5 Å². The maximum Gasteiger partial charge on any atom is 0.211 e. The zero-order valence-corrected chi connectivity index (χ0v) is 16.3. The van der Waals surface area contributed by atoms with E-state index < -0.39 is 15.6 Å². The Morgan fingerprint density at radius 1 is 1.19 bits per heavy atom. The van der Waals surface area contributed by atoms with Gasteiger partial charge < -0.3 is 9.84 Å². The molecule has 1 unspecified atom stereocenters. The summed E-state index contributed by atoms with van der Waals surface area (Å²) in [5, 5.41) is 19.7. The lowest BCUT2D eigenvalue weighted by Crippen LogP contribution is -2.39. The minimum absolute atomic E-state index is 0.0278. The van der Waals surface area contributed by atoms with E-state index in [-0.39, 0.29) is 18.9 Å². The summed E-state index contributed by atoms with van der Waals surface area (Å²) >= 11 is 0. The van der Waals surface area contributed by atoms with E-state index in [2.05, 4.69) is 10.8 Å². The minimum atomic E-state index is -3.39. The second-order valence-corrected chi connectivity index (χ2v) is 8.42. The molecule has 2 aromatic rings. The number of rotatable bonds is 9. The Morgan fingerprint density at radius 3 is 2.48 bits per heavy atom. The highest BCUT2D eigenvalue weighted by Crippen LogP contribution is 2.23. The highest BCUT2D eigenvalue weighted by atomic mass is 32.2. The second-order valence-electron chi connectivity index (χ2n) is 6.50. The number of hydrogen-bond donors (Lipinski definition) is 2. The summed E-state index contributed by atoms with van der Waals surface area (Å²) in [4.78, 5) is 0. The molecular weight excluding hydrogens is 364 g/mol. The molecule has 0 spiro atoms. The molecule has 0 radical (unpaired) electrons. The number of nitrogens with zero attached hydrogens (tertiary/aromatic N) is 1. The van der Waals surface area contributed by atoms with Gasteiger partial charge in [0.15, 0.2) is 0 Å². The van der Waals surface area contributed by atoms with Gasteiger partial charge in [-0.1, -0.05) is 37.3 Å². The number of benzene rings is 2. The number of sulfonamides is 1. The van der Waals surface area contributed by atoms with Gasteiger partial charge in [0.2, 0.25) is 10.0 Å². The maximum atomic E-state index is 11.8. The largest absolute Gasteiger partial charge is 0.489 e. The van der Waals surface area contributed by atoms with Gasteiger partial charge in [0.25, 0.3) is 0 Å². The van der Waals surface area contributed by atoms with Gasteiger partial charge in [0, 0.05) is 12.1 Å². The third-order valence-electron chi connectivity index (χ3n) is 4.12. The summed E-state index contributed by atoms with van der Waals surface area (Å²) in [7, 11) is -3.39. The summed E-state index contributed by atoms with van der Waals surface area (Å²) in [6, 6.07) is 16.1. The monoisotopic (exact) mass is 388 g/mol. The van der Waals surface area contributed by atoms with Crippen LogP contribution in [0.2, 0.25) is 0 Å². The molecule has 0 amide bonds. The first-order valence-corrected chi connectivity index (χ1v) is 10.3. The van der Waals surface area contributed by atoms with Crippen molar-refractivity contribution in [3.8, 4) is 11.8 Å². The van der Waals surface area contributed by atoms with Gasteiger partial charge in [-0.2, -0.15) is 5.26 Å². The lowest BCUT2D eigenvalue weighted by molar-refractivity contribution is 0.0627. The molecule has 0 saturated heterocycles. The van der Waals surface area contributed by atoms with E-state index >= 15 is 0 Å². The van der Waals surface area contributed by atoms with Crippen LogP contribution in [-0.4, -0.2) is 25.8 Å². The predicted molar refractivity (Wildman–Crippen MR) is 104 cm³/mol. The van der Waals surface area contributed by atoms with Crippen molar-refractivity contribution in [2.24, 2.45) is 0 Å². The molecule has 0 aliphatic heterocycles.